The third-order valence-corrected chi connectivity index (χ3v) is 11.0. The van der Waals surface area contributed by atoms with Crippen LogP contribution >= 0.6 is 0 Å². The average molecular weight is 623 g/mol. The monoisotopic (exact) mass is 622 g/mol. The zero-order chi connectivity index (χ0) is 32.7. The van der Waals surface area contributed by atoms with Gasteiger partial charge >= 0.3 is 0 Å². The van der Waals surface area contributed by atoms with E-state index < -0.39 is 0 Å². The summed E-state index contributed by atoms with van der Waals surface area (Å²) in [6, 6.07) is 63.2. The van der Waals surface area contributed by atoms with Crippen molar-refractivity contribution < 1.29 is 0 Å². The number of fused-ring (bicyclic) bond motifs is 7. The van der Waals surface area contributed by atoms with Crippen LogP contribution in [0.5, 0.6) is 0 Å². The van der Waals surface area contributed by atoms with Crippen molar-refractivity contribution in [3.8, 4) is 44.5 Å². The van der Waals surface area contributed by atoms with E-state index in [1.807, 2.05) is 0 Å². The fraction of sp³-hybridized carbons (Fsp3) is 0.0612. The highest BCUT2D eigenvalue weighted by atomic mass is 14.4. The topological polar surface area (TPSA) is 0 Å². The van der Waals surface area contributed by atoms with Gasteiger partial charge in [-0.3, -0.25) is 0 Å². The molecule has 230 valence electrons. The van der Waals surface area contributed by atoms with Gasteiger partial charge in [0.2, 0.25) is 0 Å². The van der Waals surface area contributed by atoms with E-state index in [1.54, 1.807) is 0 Å². The predicted octanol–water partition coefficient (Wildman–Crippen LogP) is 13.6. The van der Waals surface area contributed by atoms with Crippen LogP contribution in [0.1, 0.15) is 25.0 Å². The zero-order valence-corrected chi connectivity index (χ0v) is 27.7. The summed E-state index contributed by atoms with van der Waals surface area (Å²) in [7, 11) is 0. The summed E-state index contributed by atoms with van der Waals surface area (Å²) >= 11 is 0. The maximum Gasteiger partial charge on any atom is 0.0159 e. The largest absolute Gasteiger partial charge is 0.0622 e. The predicted molar refractivity (Wildman–Crippen MR) is 210 cm³/mol. The minimum atomic E-state index is -0.102. The molecule has 49 heavy (non-hydrogen) atoms. The van der Waals surface area contributed by atoms with Crippen LogP contribution in [0, 0.1) is 0 Å². The van der Waals surface area contributed by atoms with Crippen molar-refractivity contribution >= 4 is 43.1 Å². The van der Waals surface area contributed by atoms with Crippen LogP contribution in [0.3, 0.4) is 0 Å². The number of benzene rings is 9. The normalized spacial score (nSPS) is 13.3. The van der Waals surface area contributed by atoms with Gasteiger partial charge in [0, 0.05) is 5.41 Å². The molecule has 0 unspecified atom stereocenters. The van der Waals surface area contributed by atoms with Gasteiger partial charge in [-0.25, -0.2) is 0 Å². The third kappa shape index (κ3) is 4.17. The number of hydrogen-bond donors (Lipinski definition) is 0. The molecular formula is C49H34. The lowest BCUT2D eigenvalue weighted by molar-refractivity contribution is 0.661. The van der Waals surface area contributed by atoms with Gasteiger partial charge in [0.1, 0.15) is 0 Å². The molecule has 0 aliphatic heterocycles. The molecule has 0 atom stereocenters. The van der Waals surface area contributed by atoms with Crippen molar-refractivity contribution in [2.45, 2.75) is 19.3 Å². The molecule has 1 aliphatic carbocycles. The Labute approximate surface area is 286 Å². The number of hydrogen-bond acceptors (Lipinski definition) is 0. The van der Waals surface area contributed by atoms with Gasteiger partial charge in [-0.1, -0.05) is 159 Å². The van der Waals surface area contributed by atoms with E-state index in [4.69, 9.17) is 0 Å². The van der Waals surface area contributed by atoms with Crippen molar-refractivity contribution in [2.75, 3.05) is 0 Å². The molecular weight excluding hydrogens is 589 g/mol. The van der Waals surface area contributed by atoms with Crippen molar-refractivity contribution in [3.05, 3.63) is 181 Å². The molecule has 0 amide bonds. The molecule has 0 heteroatoms. The second kappa shape index (κ2) is 10.5. The first-order valence-corrected chi connectivity index (χ1v) is 17.3. The highest BCUT2D eigenvalue weighted by Crippen LogP contribution is 2.52. The molecule has 0 aromatic heterocycles. The molecule has 0 saturated carbocycles. The van der Waals surface area contributed by atoms with Crippen molar-refractivity contribution in [3.63, 3.8) is 0 Å². The standard InChI is InChI=1S/C49H34/c1-49(2)45-30-36(25-26-37(45)44-28-33-15-6-7-16-34(33)29-46(44)49)47-38-18-8-10-20-40(38)48(41-21-11-9-19-39(41)47)42-22-12-17-32-23-24-35(27-43(32)42)31-13-4-3-5-14-31/h3-30H,1-2H3. The fourth-order valence-corrected chi connectivity index (χ4v) is 8.61. The van der Waals surface area contributed by atoms with Crippen LogP contribution in [-0.2, 0) is 5.41 Å². The molecule has 9 aromatic rings. The Hall–Kier alpha value is -5.98. The summed E-state index contributed by atoms with van der Waals surface area (Å²) in [5.74, 6) is 0. The van der Waals surface area contributed by atoms with Crippen LogP contribution in [0.2, 0.25) is 0 Å². The van der Waals surface area contributed by atoms with E-state index >= 15 is 0 Å². The van der Waals surface area contributed by atoms with Crippen molar-refractivity contribution in [2.24, 2.45) is 0 Å². The summed E-state index contributed by atoms with van der Waals surface area (Å²) < 4.78 is 0. The van der Waals surface area contributed by atoms with E-state index in [9.17, 15) is 0 Å². The van der Waals surface area contributed by atoms with Gasteiger partial charge in [0.25, 0.3) is 0 Å². The Kier molecular flexibility index (Phi) is 6.02. The second-order valence-electron chi connectivity index (χ2n) is 14.1. The SMILES string of the molecule is CC1(C)c2cc(-c3c4ccccc4c(-c4cccc5ccc(-c6ccccc6)cc45)c4ccccc34)ccc2-c2cc3ccccc3cc21. The molecule has 10 rings (SSSR count). The molecule has 1 aliphatic rings. The Bertz CT molecular complexity index is 2720. The minimum Gasteiger partial charge on any atom is -0.0622 e. The molecule has 0 N–H and O–H groups in total. The quantitative estimate of drug-likeness (QED) is 0.172. The summed E-state index contributed by atoms with van der Waals surface area (Å²) in [6.07, 6.45) is 0. The lowest BCUT2D eigenvalue weighted by atomic mass is 9.80. The van der Waals surface area contributed by atoms with Gasteiger partial charge < -0.3 is 0 Å². The van der Waals surface area contributed by atoms with Gasteiger partial charge in [-0.05, 0) is 123 Å². The number of rotatable bonds is 3. The average Bonchev–Trinajstić information content (AvgIpc) is 3.37. The first-order valence-electron chi connectivity index (χ1n) is 17.3. The van der Waals surface area contributed by atoms with Gasteiger partial charge in [0.05, 0.1) is 0 Å². The second-order valence-corrected chi connectivity index (χ2v) is 14.1. The van der Waals surface area contributed by atoms with Gasteiger partial charge in [-0.2, -0.15) is 0 Å². The van der Waals surface area contributed by atoms with Crippen molar-refractivity contribution in [1.29, 1.82) is 0 Å². The van der Waals surface area contributed by atoms with E-state index in [2.05, 4.69) is 184 Å². The molecule has 0 spiro atoms. The fourth-order valence-electron chi connectivity index (χ4n) is 8.61. The molecule has 0 fully saturated rings. The summed E-state index contributed by atoms with van der Waals surface area (Å²) in [4.78, 5) is 0. The van der Waals surface area contributed by atoms with Crippen LogP contribution in [0.4, 0.5) is 0 Å². The first-order chi connectivity index (χ1) is 24.1. The van der Waals surface area contributed by atoms with Crippen LogP contribution in [-0.4, -0.2) is 0 Å². The molecule has 9 aromatic carbocycles. The van der Waals surface area contributed by atoms with E-state index in [0.717, 1.165) is 0 Å². The molecule has 0 nitrogen and oxygen atoms in total. The van der Waals surface area contributed by atoms with E-state index in [-0.39, 0.29) is 5.41 Å². The zero-order valence-electron chi connectivity index (χ0n) is 27.7. The Morgan fingerprint density at radius 2 is 0.878 bits per heavy atom. The van der Waals surface area contributed by atoms with Crippen LogP contribution < -0.4 is 0 Å². The van der Waals surface area contributed by atoms with Crippen LogP contribution in [0.25, 0.3) is 87.6 Å². The maximum atomic E-state index is 2.48. The molecule has 0 saturated heterocycles. The lowest BCUT2D eigenvalue weighted by Gasteiger charge is -2.23. The molecule has 0 radical (unpaired) electrons. The Balaban J connectivity index is 1.23. The van der Waals surface area contributed by atoms with E-state index in [1.165, 1.54) is 98.7 Å². The van der Waals surface area contributed by atoms with Gasteiger partial charge in [0.15, 0.2) is 0 Å². The Morgan fingerprint density at radius 1 is 0.306 bits per heavy atom. The highest BCUT2D eigenvalue weighted by molar-refractivity contribution is 6.23. The minimum absolute atomic E-state index is 0.102. The summed E-state index contributed by atoms with van der Waals surface area (Å²) in [6.45, 7) is 4.78. The first kappa shape index (κ1) is 28.1. The Morgan fingerprint density at radius 3 is 1.59 bits per heavy atom. The maximum absolute atomic E-state index is 2.48. The summed E-state index contributed by atoms with van der Waals surface area (Å²) in [5, 5.41) is 10.3. The molecule has 0 bridgehead atoms. The van der Waals surface area contributed by atoms with Crippen LogP contribution in [0.15, 0.2) is 170 Å². The van der Waals surface area contributed by atoms with Crippen molar-refractivity contribution in [1.82, 2.24) is 0 Å². The highest BCUT2D eigenvalue weighted by Gasteiger charge is 2.36. The third-order valence-electron chi connectivity index (χ3n) is 11.0. The van der Waals surface area contributed by atoms with E-state index in [0.29, 0.717) is 0 Å². The smallest absolute Gasteiger partial charge is 0.0159 e. The van der Waals surface area contributed by atoms with Gasteiger partial charge in [-0.15, -0.1) is 0 Å². The molecule has 0 heterocycles. The summed E-state index contributed by atoms with van der Waals surface area (Å²) in [5.41, 5.74) is 13.0. The lowest BCUT2D eigenvalue weighted by Crippen LogP contribution is -2.15.